The van der Waals surface area contributed by atoms with Gasteiger partial charge in [0.25, 0.3) is 5.56 Å². The standard InChI is InChI=1S/C14H12FN3O2/c15-12-7-10(8-16)1-3-13(12)20-6-5-18-9-11(17)2-4-14(18)19/h1-4,7,9H,5-6,17H2. The molecule has 102 valence electrons. The molecule has 0 amide bonds. The Morgan fingerprint density at radius 3 is 2.85 bits per heavy atom. The third kappa shape index (κ3) is 3.14. The van der Waals surface area contributed by atoms with Crippen molar-refractivity contribution >= 4 is 5.69 Å². The van der Waals surface area contributed by atoms with Crippen LogP contribution in [-0.4, -0.2) is 11.2 Å². The number of nitrogens with zero attached hydrogens (tertiary/aromatic N) is 2. The molecule has 0 aliphatic heterocycles. The normalized spacial score (nSPS) is 10.0. The van der Waals surface area contributed by atoms with Gasteiger partial charge in [0.2, 0.25) is 0 Å². The van der Waals surface area contributed by atoms with Gasteiger partial charge in [-0.25, -0.2) is 4.39 Å². The number of benzene rings is 1. The molecular formula is C14H12FN3O2. The first-order valence-electron chi connectivity index (χ1n) is 5.88. The summed E-state index contributed by atoms with van der Waals surface area (Å²) in [5.41, 5.74) is 6.06. The highest BCUT2D eigenvalue weighted by atomic mass is 19.1. The highest BCUT2D eigenvalue weighted by molar-refractivity contribution is 5.36. The summed E-state index contributed by atoms with van der Waals surface area (Å²) in [5.74, 6) is -0.565. The van der Waals surface area contributed by atoms with E-state index >= 15 is 0 Å². The van der Waals surface area contributed by atoms with Crippen LogP contribution in [0.15, 0.2) is 41.3 Å². The average molecular weight is 273 g/mol. The van der Waals surface area contributed by atoms with Crippen LogP contribution in [0, 0.1) is 17.1 Å². The predicted molar refractivity (Wildman–Crippen MR) is 71.7 cm³/mol. The van der Waals surface area contributed by atoms with Crippen LogP contribution >= 0.6 is 0 Å². The molecule has 0 radical (unpaired) electrons. The SMILES string of the molecule is N#Cc1ccc(OCCn2cc(N)ccc2=O)c(F)c1. The van der Waals surface area contributed by atoms with E-state index in [2.05, 4.69) is 0 Å². The number of hydrogen-bond acceptors (Lipinski definition) is 4. The van der Waals surface area contributed by atoms with Crippen LogP contribution in [0.1, 0.15) is 5.56 Å². The molecule has 5 nitrogen and oxygen atoms in total. The van der Waals surface area contributed by atoms with Crippen LogP contribution in [0.4, 0.5) is 10.1 Å². The largest absolute Gasteiger partial charge is 0.489 e. The zero-order valence-electron chi connectivity index (χ0n) is 10.5. The van der Waals surface area contributed by atoms with Gasteiger partial charge in [0, 0.05) is 18.0 Å². The summed E-state index contributed by atoms with van der Waals surface area (Å²) in [6.07, 6.45) is 1.50. The average Bonchev–Trinajstić information content (AvgIpc) is 2.44. The highest BCUT2D eigenvalue weighted by Crippen LogP contribution is 2.17. The van der Waals surface area contributed by atoms with Crippen molar-refractivity contribution in [1.82, 2.24) is 4.57 Å². The molecule has 0 bridgehead atoms. The van der Waals surface area contributed by atoms with E-state index in [0.29, 0.717) is 5.69 Å². The second-order valence-corrected chi connectivity index (χ2v) is 4.10. The van der Waals surface area contributed by atoms with Crippen molar-refractivity contribution in [2.45, 2.75) is 6.54 Å². The fourth-order valence-electron chi connectivity index (χ4n) is 1.67. The highest BCUT2D eigenvalue weighted by Gasteiger charge is 2.05. The smallest absolute Gasteiger partial charge is 0.250 e. The Morgan fingerprint density at radius 1 is 1.35 bits per heavy atom. The van der Waals surface area contributed by atoms with E-state index in [4.69, 9.17) is 15.7 Å². The number of anilines is 1. The maximum atomic E-state index is 13.5. The summed E-state index contributed by atoms with van der Waals surface area (Å²) >= 11 is 0. The lowest BCUT2D eigenvalue weighted by molar-refractivity contribution is 0.283. The Kier molecular flexibility index (Phi) is 4.01. The first-order valence-corrected chi connectivity index (χ1v) is 5.88. The van der Waals surface area contributed by atoms with Crippen molar-refractivity contribution in [2.24, 2.45) is 0 Å². The molecule has 2 rings (SSSR count). The topological polar surface area (TPSA) is 81.0 Å². The molecule has 6 heteroatoms. The minimum Gasteiger partial charge on any atom is -0.489 e. The van der Waals surface area contributed by atoms with Crippen LogP contribution < -0.4 is 16.0 Å². The summed E-state index contributed by atoms with van der Waals surface area (Å²) in [4.78, 5) is 11.5. The molecule has 1 aromatic heterocycles. The Bertz CT molecular complexity index is 719. The minimum atomic E-state index is -0.607. The Balaban J connectivity index is 2.01. The van der Waals surface area contributed by atoms with Gasteiger partial charge < -0.3 is 15.0 Å². The quantitative estimate of drug-likeness (QED) is 0.915. The van der Waals surface area contributed by atoms with Crippen LogP contribution in [0.2, 0.25) is 0 Å². The van der Waals surface area contributed by atoms with Gasteiger partial charge in [-0.3, -0.25) is 4.79 Å². The van der Waals surface area contributed by atoms with Crippen LogP contribution in [0.3, 0.4) is 0 Å². The van der Waals surface area contributed by atoms with Crippen LogP contribution in [0.25, 0.3) is 0 Å². The van der Waals surface area contributed by atoms with Gasteiger partial charge >= 0.3 is 0 Å². The van der Waals surface area contributed by atoms with Gasteiger partial charge in [0.15, 0.2) is 11.6 Å². The second kappa shape index (κ2) is 5.89. The molecule has 1 aromatic carbocycles. The number of pyridine rings is 1. The molecule has 0 unspecified atom stereocenters. The van der Waals surface area contributed by atoms with E-state index in [9.17, 15) is 9.18 Å². The van der Waals surface area contributed by atoms with Crippen molar-refractivity contribution in [3.05, 3.63) is 58.3 Å². The van der Waals surface area contributed by atoms with Gasteiger partial charge in [-0.2, -0.15) is 5.26 Å². The summed E-state index contributed by atoms with van der Waals surface area (Å²) in [5, 5.41) is 8.63. The molecule has 0 spiro atoms. The molecule has 0 saturated carbocycles. The summed E-state index contributed by atoms with van der Waals surface area (Å²) in [6, 6.07) is 8.66. The number of rotatable bonds is 4. The fourth-order valence-corrected chi connectivity index (χ4v) is 1.67. The number of aromatic nitrogens is 1. The van der Waals surface area contributed by atoms with Crippen molar-refractivity contribution in [2.75, 3.05) is 12.3 Å². The van der Waals surface area contributed by atoms with Gasteiger partial charge in [-0.1, -0.05) is 0 Å². The maximum absolute atomic E-state index is 13.5. The minimum absolute atomic E-state index is 0.0425. The van der Waals surface area contributed by atoms with Crippen molar-refractivity contribution < 1.29 is 9.13 Å². The molecule has 0 saturated heterocycles. The van der Waals surface area contributed by atoms with Gasteiger partial charge in [0.1, 0.15) is 6.61 Å². The first-order chi connectivity index (χ1) is 9.60. The number of nitrogens with two attached hydrogens (primary N) is 1. The zero-order valence-corrected chi connectivity index (χ0v) is 10.5. The van der Waals surface area contributed by atoms with Crippen molar-refractivity contribution in [3.8, 4) is 11.8 Å². The van der Waals surface area contributed by atoms with Crippen LogP contribution in [-0.2, 0) is 6.54 Å². The third-order valence-corrected chi connectivity index (χ3v) is 2.66. The van der Waals surface area contributed by atoms with Gasteiger partial charge in [0.05, 0.1) is 18.2 Å². The van der Waals surface area contributed by atoms with Crippen LogP contribution in [0.5, 0.6) is 5.75 Å². The van der Waals surface area contributed by atoms with Crippen molar-refractivity contribution in [1.29, 1.82) is 5.26 Å². The second-order valence-electron chi connectivity index (χ2n) is 4.10. The molecule has 0 aliphatic rings. The van der Waals surface area contributed by atoms with E-state index in [-0.39, 0.29) is 30.0 Å². The Morgan fingerprint density at radius 2 is 2.15 bits per heavy atom. The Labute approximate surface area is 114 Å². The van der Waals surface area contributed by atoms with E-state index < -0.39 is 5.82 Å². The van der Waals surface area contributed by atoms with Crippen molar-refractivity contribution in [3.63, 3.8) is 0 Å². The summed E-state index contributed by atoms with van der Waals surface area (Å²) in [6.45, 7) is 0.371. The fraction of sp³-hybridized carbons (Fsp3) is 0.143. The number of ether oxygens (including phenoxy) is 1. The predicted octanol–water partition coefficient (Wildman–Crippen LogP) is 1.52. The lowest BCUT2D eigenvalue weighted by Crippen LogP contribution is -2.22. The molecule has 0 fully saturated rings. The van der Waals surface area contributed by atoms with Gasteiger partial charge in [-0.15, -0.1) is 0 Å². The Hall–Kier alpha value is -2.81. The molecular weight excluding hydrogens is 261 g/mol. The maximum Gasteiger partial charge on any atom is 0.250 e. The molecule has 0 aliphatic carbocycles. The molecule has 1 heterocycles. The zero-order chi connectivity index (χ0) is 14.5. The third-order valence-electron chi connectivity index (χ3n) is 2.66. The van der Waals surface area contributed by atoms with E-state index in [0.717, 1.165) is 6.07 Å². The number of nitriles is 1. The monoisotopic (exact) mass is 273 g/mol. The first kappa shape index (κ1) is 13.6. The summed E-state index contributed by atoms with van der Waals surface area (Å²) < 4.78 is 20.2. The molecule has 20 heavy (non-hydrogen) atoms. The lowest BCUT2D eigenvalue weighted by atomic mass is 10.2. The van der Waals surface area contributed by atoms with E-state index in [1.165, 1.54) is 35.0 Å². The summed E-state index contributed by atoms with van der Waals surface area (Å²) in [7, 11) is 0. The molecule has 2 N–H and O–H groups in total. The molecule has 2 aromatic rings. The lowest BCUT2D eigenvalue weighted by Gasteiger charge is -2.09. The number of nitrogen functional groups attached to an aromatic ring is 1. The van der Waals surface area contributed by atoms with Gasteiger partial charge in [-0.05, 0) is 24.3 Å². The van der Waals surface area contributed by atoms with E-state index in [1.807, 2.05) is 6.07 Å². The number of hydrogen-bond donors (Lipinski definition) is 1. The molecule has 0 atom stereocenters. The van der Waals surface area contributed by atoms with E-state index in [1.54, 1.807) is 0 Å². The number of halogens is 1.